The molecule has 0 fully saturated rings. The molecule has 0 amide bonds. The molecule has 0 heterocycles. The summed E-state index contributed by atoms with van der Waals surface area (Å²) >= 11 is 0. The van der Waals surface area contributed by atoms with E-state index in [2.05, 4.69) is 61.3 Å². The zero-order valence-corrected chi connectivity index (χ0v) is 11.3. The average Bonchev–Trinajstić information content (AvgIpc) is 2.82. The molecule has 1 aromatic rings. The van der Waals surface area contributed by atoms with Crippen molar-refractivity contribution in [2.24, 2.45) is 4.99 Å². The summed E-state index contributed by atoms with van der Waals surface area (Å²) in [6.45, 7) is 5.27. The van der Waals surface area contributed by atoms with Gasteiger partial charge < -0.3 is 0 Å². The second kappa shape index (κ2) is 6.34. The summed E-state index contributed by atoms with van der Waals surface area (Å²) in [6, 6.07) is 8.54. The van der Waals surface area contributed by atoms with Gasteiger partial charge in [-0.05, 0) is 24.5 Å². The minimum atomic E-state index is 0.416. The lowest BCUT2D eigenvalue weighted by atomic mass is 9.96. The minimum Gasteiger partial charge on any atom is -0.293 e. The lowest BCUT2D eigenvalue weighted by molar-refractivity contribution is 0.810. The Morgan fingerprint density at radius 2 is 2.11 bits per heavy atom. The highest BCUT2D eigenvalue weighted by atomic mass is 14.7. The molecule has 0 radical (unpaired) electrons. The van der Waals surface area contributed by atoms with Crippen molar-refractivity contribution in [2.75, 3.05) is 6.54 Å². The van der Waals surface area contributed by atoms with Crippen LogP contribution in [0.4, 0.5) is 0 Å². The maximum atomic E-state index is 4.51. The van der Waals surface area contributed by atoms with Crippen LogP contribution in [0.3, 0.4) is 0 Å². The van der Waals surface area contributed by atoms with Crippen LogP contribution in [0.5, 0.6) is 0 Å². The number of benzene rings is 1. The van der Waals surface area contributed by atoms with E-state index < -0.39 is 0 Å². The molecular formula is C17H21N. The molecule has 0 aliphatic heterocycles. The van der Waals surface area contributed by atoms with Crippen molar-refractivity contribution in [3.63, 3.8) is 0 Å². The Balaban J connectivity index is 2.16. The molecule has 0 saturated carbocycles. The Hall–Kier alpha value is -1.63. The van der Waals surface area contributed by atoms with E-state index in [0.717, 1.165) is 6.54 Å². The maximum Gasteiger partial charge on any atom is 0.0389 e. The van der Waals surface area contributed by atoms with E-state index in [1.54, 1.807) is 0 Å². The Labute approximate surface area is 110 Å². The highest BCUT2D eigenvalue weighted by Crippen LogP contribution is 2.28. The summed E-state index contributed by atoms with van der Waals surface area (Å²) in [5.41, 5.74) is 3.94. The number of hydrogen-bond acceptors (Lipinski definition) is 1. The SMILES string of the molecule is CCCCN=Cc1ccccc1C1C=CC(C)=C1. The number of hydrogen-bond donors (Lipinski definition) is 0. The van der Waals surface area contributed by atoms with E-state index in [-0.39, 0.29) is 0 Å². The van der Waals surface area contributed by atoms with Crippen molar-refractivity contribution in [3.8, 4) is 0 Å². The van der Waals surface area contributed by atoms with Gasteiger partial charge in [-0.3, -0.25) is 4.99 Å². The van der Waals surface area contributed by atoms with Crippen molar-refractivity contribution in [1.29, 1.82) is 0 Å². The van der Waals surface area contributed by atoms with E-state index in [0.29, 0.717) is 5.92 Å². The summed E-state index contributed by atoms with van der Waals surface area (Å²) in [5, 5.41) is 0. The van der Waals surface area contributed by atoms with Crippen LogP contribution in [-0.4, -0.2) is 12.8 Å². The first-order chi connectivity index (χ1) is 8.81. The van der Waals surface area contributed by atoms with Gasteiger partial charge in [0.1, 0.15) is 0 Å². The molecule has 1 atom stereocenters. The predicted octanol–water partition coefficient (Wildman–Crippen LogP) is 4.51. The van der Waals surface area contributed by atoms with Crippen LogP contribution in [0.25, 0.3) is 0 Å². The molecule has 0 aromatic heterocycles. The lowest BCUT2D eigenvalue weighted by Crippen LogP contribution is -1.96. The van der Waals surface area contributed by atoms with Crippen molar-refractivity contribution in [3.05, 3.63) is 59.2 Å². The molecule has 18 heavy (non-hydrogen) atoms. The third kappa shape index (κ3) is 3.19. The van der Waals surface area contributed by atoms with Gasteiger partial charge >= 0.3 is 0 Å². The van der Waals surface area contributed by atoms with E-state index in [9.17, 15) is 0 Å². The van der Waals surface area contributed by atoms with E-state index in [4.69, 9.17) is 0 Å². The zero-order chi connectivity index (χ0) is 12.8. The van der Waals surface area contributed by atoms with E-state index in [1.165, 1.54) is 29.5 Å². The first-order valence-corrected chi connectivity index (χ1v) is 6.76. The van der Waals surface area contributed by atoms with Crippen LogP contribution in [0, 0.1) is 0 Å². The molecule has 1 unspecified atom stereocenters. The molecule has 1 heteroatoms. The van der Waals surface area contributed by atoms with Crippen molar-refractivity contribution in [2.45, 2.75) is 32.6 Å². The number of nitrogens with zero attached hydrogens (tertiary/aromatic N) is 1. The summed E-state index contributed by atoms with van der Waals surface area (Å²) in [4.78, 5) is 4.51. The largest absolute Gasteiger partial charge is 0.293 e. The quantitative estimate of drug-likeness (QED) is 0.529. The molecular weight excluding hydrogens is 218 g/mol. The smallest absolute Gasteiger partial charge is 0.0389 e. The normalized spacial score (nSPS) is 18.6. The fourth-order valence-corrected chi connectivity index (χ4v) is 2.19. The van der Waals surface area contributed by atoms with Crippen LogP contribution >= 0.6 is 0 Å². The van der Waals surface area contributed by atoms with Gasteiger partial charge in [-0.1, -0.05) is 61.4 Å². The van der Waals surface area contributed by atoms with Crippen LogP contribution in [0.15, 0.2) is 53.1 Å². The number of aliphatic imine (C=N–C) groups is 1. The summed E-state index contributed by atoms with van der Waals surface area (Å²) in [7, 11) is 0. The van der Waals surface area contributed by atoms with Crippen molar-refractivity contribution >= 4 is 6.21 Å². The van der Waals surface area contributed by atoms with Gasteiger partial charge in [-0.25, -0.2) is 0 Å². The van der Waals surface area contributed by atoms with Gasteiger partial charge in [-0.2, -0.15) is 0 Å². The standard InChI is InChI=1S/C17H21N/c1-3-4-11-18-13-16-7-5-6-8-17(16)15-10-9-14(2)12-15/h5-10,12-13,15H,3-4,11H2,1-2H3. The second-order valence-corrected chi connectivity index (χ2v) is 4.81. The molecule has 2 rings (SSSR count). The highest BCUT2D eigenvalue weighted by molar-refractivity contribution is 5.82. The van der Waals surface area contributed by atoms with Crippen molar-refractivity contribution in [1.82, 2.24) is 0 Å². The fraction of sp³-hybridized carbons (Fsp3) is 0.353. The summed E-state index contributed by atoms with van der Waals surface area (Å²) in [6.07, 6.45) is 11.1. The van der Waals surface area contributed by atoms with Gasteiger partial charge in [0.05, 0.1) is 0 Å². The predicted molar refractivity (Wildman–Crippen MR) is 79.4 cm³/mol. The third-order valence-electron chi connectivity index (χ3n) is 3.24. The molecule has 0 N–H and O–H groups in total. The van der Waals surface area contributed by atoms with Gasteiger partial charge in [0.15, 0.2) is 0 Å². The molecule has 0 spiro atoms. The Kier molecular flexibility index (Phi) is 4.52. The zero-order valence-electron chi connectivity index (χ0n) is 11.3. The highest BCUT2D eigenvalue weighted by Gasteiger charge is 2.12. The minimum absolute atomic E-state index is 0.416. The fourth-order valence-electron chi connectivity index (χ4n) is 2.19. The van der Waals surface area contributed by atoms with Crippen LogP contribution in [-0.2, 0) is 0 Å². The second-order valence-electron chi connectivity index (χ2n) is 4.81. The number of rotatable bonds is 5. The molecule has 1 nitrogen and oxygen atoms in total. The average molecular weight is 239 g/mol. The third-order valence-corrected chi connectivity index (χ3v) is 3.24. The lowest BCUT2D eigenvalue weighted by Gasteiger charge is -2.09. The van der Waals surface area contributed by atoms with Crippen LogP contribution in [0.1, 0.15) is 43.7 Å². The van der Waals surface area contributed by atoms with Crippen LogP contribution in [0.2, 0.25) is 0 Å². The molecule has 1 aliphatic rings. The first-order valence-electron chi connectivity index (χ1n) is 6.76. The summed E-state index contributed by atoms with van der Waals surface area (Å²) in [5.74, 6) is 0.416. The van der Waals surface area contributed by atoms with Gasteiger partial charge in [0.2, 0.25) is 0 Å². The molecule has 94 valence electrons. The van der Waals surface area contributed by atoms with E-state index in [1.807, 2.05) is 6.21 Å². The monoisotopic (exact) mass is 239 g/mol. The van der Waals surface area contributed by atoms with Gasteiger partial charge in [-0.15, -0.1) is 0 Å². The van der Waals surface area contributed by atoms with Gasteiger partial charge in [0.25, 0.3) is 0 Å². The molecule has 1 aromatic carbocycles. The Bertz CT molecular complexity index is 480. The maximum absolute atomic E-state index is 4.51. The molecule has 0 saturated heterocycles. The Morgan fingerprint density at radius 3 is 2.83 bits per heavy atom. The summed E-state index contributed by atoms with van der Waals surface area (Å²) < 4.78 is 0. The first kappa shape index (κ1) is 12.8. The number of unbranched alkanes of at least 4 members (excludes halogenated alkanes) is 1. The molecule has 0 bridgehead atoms. The Morgan fingerprint density at radius 1 is 1.28 bits per heavy atom. The van der Waals surface area contributed by atoms with E-state index >= 15 is 0 Å². The number of allylic oxidation sites excluding steroid dienone is 4. The van der Waals surface area contributed by atoms with Crippen LogP contribution < -0.4 is 0 Å². The van der Waals surface area contributed by atoms with Crippen molar-refractivity contribution < 1.29 is 0 Å². The molecule has 1 aliphatic carbocycles. The topological polar surface area (TPSA) is 12.4 Å². The van der Waals surface area contributed by atoms with Gasteiger partial charge in [0, 0.05) is 18.7 Å².